The lowest BCUT2D eigenvalue weighted by Gasteiger charge is -2.18. The molecule has 0 aliphatic carbocycles. The van der Waals surface area contributed by atoms with Gasteiger partial charge in [0.1, 0.15) is 0 Å². The van der Waals surface area contributed by atoms with Crippen LogP contribution in [0.5, 0.6) is 0 Å². The minimum atomic E-state index is 0.568. The number of rotatable bonds is 3. The second-order valence-electron chi connectivity index (χ2n) is 5.12. The van der Waals surface area contributed by atoms with E-state index in [0.29, 0.717) is 17.9 Å². The summed E-state index contributed by atoms with van der Waals surface area (Å²) in [7, 11) is 4.22. The topological polar surface area (TPSA) is 45.4 Å². The normalized spacial score (nSPS) is 19.3. The van der Waals surface area contributed by atoms with Crippen LogP contribution in [0.15, 0.2) is 34.9 Å². The van der Waals surface area contributed by atoms with Crippen molar-refractivity contribution in [1.29, 1.82) is 0 Å². The van der Waals surface area contributed by atoms with Gasteiger partial charge in [-0.25, -0.2) is 0 Å². The second-order valence-corrected chi connectivity index (χ2v) is 5.12. The predicted octanol–water partition coefficient (Wildman–Crippen LogP) is 1.88. The molecule has 3 rings (SSSR count). The highest BCUT2D eigenvalue weighted by Crippen LogP contribution is 2.23. The maximum atomic E-state index is 5.34. The summed E-state index contributed by atoms with van der Waals surface area (Å²) in [6, 6.07) is 10.4. The average Bonchev–Trinajstić information content (AvgIpc) is 3.09. The van der Waals surface area contributed by atoms with Crippen LogP contribution in [-0.2, 0) is 0 Å². The monoisotopic (exact) mass is 258 g/mol. The summed E-state index contributed by atoms with van der Waals surface area (Å²) < 4.78 is 5.34. The molecule has 5 nitrogen and oxygen atoms in total. The van der Waals surface area contributed by atoms with Gasteiger partial charge < -0.3 is 14.3 Å². The van der Waals surface area contributed by atoms with E-state index in [4.69, 9.17) is 4.52 Å². The van der Waals surface area contributed by atoms with Gasteiger partial charge >= 0.3 is 0 Å². The molecule has 2 aromatic rings. The quantitative estimate of drug-likeness (QED) is 0.841. The molecule has 0 bridgehead atoms. The first-order chi connectivity index (χ1) is 9.24. The summed E-state index contributed by atoms with van der Waals surface area (Å²) in [6.07, 6.45) is 1.14. The number of likely N-dealkylation sites (N-methyl/N-ethyl adjacent to an activating group) is 1. The molecule has 0 saturated carbocycles. The number of benzene rings is 1. The van der Waals surface area contributed by atoms with E-state index in [-0.39, 0.29) is 0 Å². The van der Waals surface area contributed by atoms with E-state index >= 15 is 0 Å². The zero-order valence-electron chi connectivity index (χ0n) is 11.3. The SMILES string of the molecule is CN(C)C1CCN(c2noc(-c3ccccc3)n2)C1. The second kappa shape index (κ2) is 5.01. The minimum Gasteiger partial charge on any atom is -0.337 e. The van der Waals surface area contributed by atoms with Crippen LogP contribution in [0, 0.1) is 0 Å². The van der Waals surface area contributed by atoms with Crippen LogP contribution in [0.3, 0.4) is 0 Å². The molecule has 1 aliphatic rings. The molecule has 1 aromatic heterocycles. The van der Waals surface area contributed by atoms with E-state index in [9.17, 15) is 0 Å². The van der Waals surface area contributed by atoms with Crippen LogP contribution >= 0.6 is 0 Å². The van der Waals surface area contributed by atoms with Gasteiger partial charge in [-0.05, 0) is 37.8 Å². The third kappa shape index (κ3) is 2.46. The van der Waals surface area contributed by atoms with Crippen molar-refractivity contribution in [2.75, 3.05) is 32.1 Å². The first kappa shape index (κ1) is 12.2. The Morgan fingerprint density at radius 2 is 2.05 bits per heavy atom. The van der Waals surface area contributed by atoms with Crippen molar-refractivity contribution >= 4 is 5.95 Å². The summed E-state index contributed by atoms with van der Waals surface area (Å²) in [6.45, 7) is 1.94. The van der Waals surface area contributed by atoms with Crippen LogP contribution in [0.1, 0.15) is 6.42 Å². The largest absolute Gasteiger partial charge is 0.337 e. The smallest absolute Gasteiger partial charge is 0.266 e. The summed E-state index contributed by atoms with van der Waals surface area (Å²) in [5.41, 5.74) is 0.963. The molecule has 0 spiro atoms. The molecule has 1 aliphatic heterocycles. The summed E-state index contributed by atoms with van der Waals surface area (Å²) in [5.74, 6) is 1.28. The molecule has 1 saturated heterocycles. The standard InChI is InChI=1S/C14H18N4O/c1-17(2)12-8-9-18(10-12)14-15-13(19-16-14)11-6-4-3-5-7-11/h3-7,12H,8-10H2,1-2H3. The zero-order chi connectivity index (χ0) is 13.2. The number of nitrogens with zero attached hydrogens (tertiary/aromatic N) is 4. The van der Waals surface area contributed by atoms with Gasteiger partial charge in [0, 0.05) is 24.7 Å². The Bertz CT molecular complexity index is 537. The molecule has 0 N–H and O–H groups in total. The minimum absolute atomic E-state index is 0.568. The van der Waals surface area contributed by atoms with Crippen LogP contribution in [0.2, 0.25) is 0 Å². The fourth-order valence-electron chi connectivity index (χ4n) is 2.39. The highest BCUT2D eigenvalue weighted by Gasteiger charge is 2.27. The predicted molar refractivity (Wildman–Crippen MR) is 74.0 cm³/mol. The highest BCUT2D eigenvalue weighted by molar-refractivity contribution is 5.54. The Morgan fingerprint density at radius 3 is 2.74 bits per heavy atom. The third-order valence-corrected chi connectivity index (χ3v) is 3.61. The first-order valence-electron chi connectivity index (χ1n) is 6.54. The van der Waals surface area contributed by atoms with Gasteiger partial charge in [0.05, 0.1) is 0 Å². The van der Waals surface area contributed by atoms with E-state index in [2.05, 4.69) is 34.0 Å². The summed E-state index contributed by atoms with van der Waals surface area (Å²) in [5, 5.41) is 4.09. The van der Waals surface area contributed by atoms with E-state index < -0.39 is 0 Å². The van der Waals surface area contributed by atoms with Gasteiger partial charge in [-0.2, -0.15) is 4.98 Å². The molecule has 1 atom stereocenters. The fraction of sp³-hybridized carbons (Fsp3) is 0.429. The van der Waals surface area contributed by atoms with Crippen molar-refractivity contribution in [3.05, 3.63) is 30.3 Å². The molecular formula is C14H18N4O. The molecule has 2 heterocycles. The van der Waals surface area contributed by atoms with Crippen LogP contribution in [0.25, 0.3) is 11.5 Å². The molecule has 1 aromatic carbocycles. The van der Waals surface area contributed by atoms with Gasteiger partial charge in [0.2, 0.25) is 0 Å². The Kier molecular flexibility index (Phi) is 3.21. The first-order valence-corrected chi connectivity index (χ1v) is 6.54. The molecule has 0 radical (unpaired) electrons. The number of anilines is 1. The van der Waals surface area contributed by atoms with E-state index in [1.54, 1.807) is 0 Å². The van der Waals surface area contributed by atoms with Gasteiger partial charge in [-0.1, -0.05) is 18.2 Å². The van der Waals surface area contributed by atoms with Crippen molar-refractivity contribution in [3.63, 3.8) is 0 Å². The Morgan fingerprint density at radius 1 is 1.26 bits per heavy atom. The van der Waals surface area contributed by atoms with Gasteiger partial charge in [-0.15, -0.1) is 0 Å². The molecule has 19 heavy (non-hydrogen) atoms. The van der Waals surface area contributed by atoms with Gasteiger partial charge in [0.15, 0.2) is 0 Å². The van der Waals surface area contributed by atoms with Crippen molar-refractivity contribution in [2.45, 2.75) is 12.5 Å². The van der Waals surface area contributed by atoms with Gasteiger partial charge in [-0.3, -0.25) is 0 Å². The van der Waals surface area contributed by atoms with E-state index in [1.165, 1.54) is 0 Å². The van der Waals surface area contributed by atoms with E-state index in [0.717, 1.165) is 25.1 Å². The van der Waals surface area contributed by atoms with E-state index in [1.807, 2.05) is 30.3 Å². The molecule has 1 unspecified atom stereocenters. The maximum Gasteiger partial charge on any atom is 0.266 e. The molecule has 5 heteroatoms. The average molecular weight is 258 g/mol. The molecule has 1 fully saturated rings. The lowest BCUT2D eigenvalue weighted by Crippen LogP contribution is -2.31. The van der Waals surface area contributed by atoms with Crippen LogP contribution in [-0.4, -0.2) is 48.3 Å². The summed E-state index contributed by atoms with van der Waals surface area (Å²) >= 11 is 0. The van der Waals surface area contributed by atoms with Crippen LogP contribution < -0.4 is 4.90 Å². The highest BCUT2D eigenvalue weighted by atomic mass is 16.5. The van der Waals surface area contributed by atoms with Gasteiger partial charge in [0.25, 0.3) is 11.8 Å². The molecule has 0 amide bonds. The number of hydrogen-bond donors (Lipinski definition) is 0. The lowest BCUT2D eigenvalue weighted by molar-refractivity contribution is 0.315. The fourth-order valence-corrected chi connectivity index (χ4v) is 2.39. The number of aromatic nitrogens is 2. The lowest BCUT2D eigenvalue weighted by atomic mass is 10.2. The Balaban J connectivity index is 1.76. The van der Waals surface area contributed by atoms with Crippen LogP contribution in [0.4, 0.5) is 5.95 Å². The van der Waals surface area contributed by atoms with Crippen molar-refractivity contribution in [1.82, 2.24) is 15.0 Å². The Labute approximate surface area is 112 Å². The zero-order valence-corrected chi connectivity index (χ0v) is 11.3. The van der Waals surface area contributed by atoms with Crippen molar-refractivity contribution in [2.24, 2.45) is 0 Å². The number of hydrogen-bond acceptors (Lipinski definition) is 5. The summed E-state index contributed by atoms with van der Waals surface area (Å²) in [4.78, 5) is 8.92. The molecule has 100 valence electrons. The molecular weight excluding hydrogens is 240 g/mol. The van der Waals surface area contributed by atoms with Crippen molar-refractivity contribution in [3.8, 4) is 11.5 Å². The maximum absolute atomic E-state index is 5.34. The Hall–Kier alpha value is -1.88. The third-order valence-electron chi connectivity index (χ3n) is 3.61. The van der Waals surface area contributed by atoms with Crippen molar-refractivity contribution < 1.29 is 4.52 Å².